The molecule has 9 heteroatoms. The van der Waals surface area contributed by atoms with Crippen molar-refractivity contribution < 1.29 is 23.9 Å². The zero-order chi connectivity index (χ0) is 21.0. The summed E-state index contributed by atoms with van der Waals surface area (Å²) in [6.07, 6.45) is 0.217. The normalized spacial score (nSPS) is 14.6. The number of Topliss-reactive ketones (excluding diaryl/α,β-unsaturated/α-hetero) is 1. The Labute approximate surface area is 171 Å². The molecule has 8 nitrogen and oxygen atoms in total. The molecule has 1 saturated heterocycles. The van der Waals surface area contributed by atoms with E-state index in [4.69, 9.17) is 4.74 Å². The van der Waals surface area contributed by atoms with Crippen molar-refractivity contribution in [2.24, 2.45) is 0 Å². The zero-order valence-electron chi connectivity index (χ0n) is 16.1. The summed E-state index contributed by atoms with van der Waals surface area (Å²) in [5.74, 6) is -1.16. The molecule has 1 N–H and O–H groups in total. The van der Waals surface area contributed by atoms with Gasteiger partial charge in [-0.2, -0.15) is 0 Å². The summed E-state index contributed by atoms with van der Waals surface area (Å²) < 4.78 is 5.19. The predicted molar refractivity (Wildman–Crippen MR) is 108 cm³/mol. The number of ketones is 1. The monoisotopic (exact) mass is 415 g/mol. The highest BCUT2D eigenvalue weighted by atomic mass is 32.1. The molecule has 29 heavy (non-hydrogen) atoms. The van der Waals surface area contributed by atoms with Crippen molar-refractivity contribution in [1.82, 2.24) is 4.98 Å². The molecule has 0 aliphatic carbocycles. The molecule has 1 atom stereocenters. The molecule has 2 aromatic rings. The maximum absolute atomic E-state index is 12.3. The molecular weight excluding hydrogens is 394 g/mol. The fourth-order valence-electron chi connectivity index (χ4n) is 2.85. The summed E-state index contributed by atoms with van der Waals surface area (Å²) in [5, 5.41) is 4.91. The minimum atomic E-state index is -1.01. The van der Waals surface area contributed by atoms with Crippen LogP contribution in [0.25, 0.3) is 0 Å². The van der Waals surface area contributed by atoms with E-state index < -0.39 is 18.0 Å². The van der Waals surface area contributed by atoms with Gasteiger partial charge in [0.2, 0.25) is 5.91 Å². The molecule has 0 bridgehead atoms. The van der Waals surface area contributed by atoms with Crippen LogP contribution < -0.4 is 10.2 Å². The van der Waals surface area contributed by atoms with Crippen LogP contribution in [0.4, 0.5) is 10.8 Å². The van der Waals surface area contributed by atoms with Crippen LogP contribution >= 0.6 is 11.3 Å². The van der Waals surface area contributed by atoms with Gasteiger partial charge in [-0.1, -0.05) is 12.1 Å². The van der Waals surface area contributed by atoms with Crippen molar-refractivity contribution in [1.29, 1.82) is 0 Å². The van der Waals surface area contributed by atoms with Crippen LogP contribution in [0.2, 0.25) is 0 Å². The molecule has 1 aromatic heterocycles. The standard InChI is InChI=1S/C20H21N3O5S/c1-12(24)14-5-3-6-15(9-14)21-19(27)13(2)28-18(26)10-16-11-29-20(22-16)23-8-4-7-17(23)25/h3,5-6,9,11,13H,4,7-8,10H2,1-2H3,(H,21,27)/t13-/m0/s1. The zero-order valence-corrected chi connectivity index (χ0v) is 17.0. The molecule has 2 heterocycles. The number of aromatic nitrogens is 1. The SMILES string of the molecule is CC(=O)c1cccc(NC(=O)[C@H](C)OC(=O)Cc2csc(N3CCCC3=O)n2)c1. The molecule has 3 rings (SSSR count). The number of esters is 1. The third kappa shape index (κ3) is 5.26. The lowest BCUT2D eigenvalue weighted by atomic mass is 10.1. The maximum atomic E-state index is 12.3. The first-order valence-corrected chi connectivity index (χ1v) is 10.1. The van der Waals surface area contributed by atoms with E-state index in [9.17, 15) is 19.2 Å². The first-order valence-electron chi connectivity index (χ1n) is 9.19. The lowest BCUT2D eigenvalue weighted by Gasteiger charge is -2.13. The highest BCUT2D eigenvalue weighted by Crippen LogP contribution is 2.25. The second kappa shape index (κ2) is 8.95. The number of ether oxygens (including phenoxy) is 1. The Morgan fingerprint density at radius 1 is 1.34 bits per heavy atom. The van der Waals surface area contributed by atoms with Crippen molar-refractivity contribution >= 4 is 45.7 Å². The van der Waals surface area contributed by atoms with Crippen LogP contribution in [0.3, 0.4) is 0 Å². The first kappa shape index (κ1) is 20.7. The molecule has 0 radical (unpaired) electrons. The quantitative estimate of drug-likeness (QED) is 0.550. The van der Waals surface area contributed by atoms with E-state index in [0.29, 0.717) is 35.0 Å². The van der Waals surface area contributed by atoms with Gasteiger partial charge < -0.3 is 10.1 Å². The van der Waals surface area contributed by atoms with Crippen molar-refractivity contribution in [2.75, 3.05) is 16.8 Å². The predicted octanol–water partition coefficient (Wildman–Crippen LogP) is 2.59. The maximum Gasteiger partial charge on any atom is 0.312 e. The highest BCUT2D eigenvalue weighted by molar-refractivity contribution is 7.14. The minimum Gasteiger partial charge on any atom is -0.452 e. The van der Waals surface area contributed by atoms with Crippen molar-refractivity contribution in [3.8, 4) is 0 Å². The molecule has 1 aliphatic heterocycles. The number of thiazole rings is 1. The number of carbonyl (C=O) groups is 4. The molecule has 152 valence electrons. The topological polar surface area (TPSA) is 106 Å². The molecule has 1 aromatic carbocycles. The summed E-state index contributed by atoms with van der Waals surface area (Å²) in [6, 6.07) is 6.52. The Morgan fingerprint density at radius 3 is 2.83 bits per heavy atom. The van der Waals surface area contributed by atoms with Gasteiger partial charge in [0.1, 0.15) is 0 Å². The number of hydrogen-bond donors (Lipinski definition) is 1. The molecule has 1 aliphatic rings. The van der Waals surface area contributed by atoms with Gasteiger partial charge >= 0.3 is 5.97 Å². The van der Waals surface area contributed by atoms with Crippen LogP contribution in [0.5, 0.6) is 0 Å². The van der Waals surface area contributed by atoms with Crippen LogP contribution in [0.15, 0.2) is 29.6 Å². The molecule has 0 unspecified atom stereocenters. The lowest BCUT2D eigenvalue weighted by Crippen LogP contribution is -2.30. The van der Waals surface area contributed by atoms with Crippen molar-refractivity contribution in [3.63, 3.8) is 0 Å². The second-order valence-electron chi connectivity index (χ2n) is 6.71. The number of hydrogen-bond acceptors (Lipinski definition) is 7. The third-order valence-electron chi connectivity index (χ3n) is 4.38. The number of rotatable bonds is 7. The van der Waals surface area contributed by atoms with E-state index in [0.717, 1.165) is 6.42 Å². The molecule has 0 saturated carbocycles. The fourth-order valence-corrected chi connectivity index (χ4v) is 3.72. The van der Waals surface area contributed by atoms with E-state index in [2.05, 4.69) is 10.3 Å². The number of nitrogens with zero attached hydrogens (tertiary/aromatic N) is 2. The van der Waals surface area contributed by atoms with E-state index in [1.54, 1.807) is 34.5 Å². The molecule has 2 amide bonds. The van der Waals surface area contributed by atoms with Gasteiger partial charge in [0.05, 0.1) is 12.1 Å². The van der Waals surface area contributed by atoms with Crippen molar-refractivity contribution in [2.45, 2.75) is 39.2 Å². The number of amides is 2. The Kier molecular flexibility index (Phi) is 6.38. The largest absolute Gasteiger partial charge is 0.452 e. The average molecular weight is 415 g/mol. The molecule has 0 spiro atoms. The summed E-state index contributed by atoms with van der Waals surface area (Å²) in [5.41, 5.74) is 1.42. The van der Waals surface area contributed by atoms with Gasteiger partial charge in [0.15, 0.2) is 17.0 Å². The molecular formula is C20H21N3O5S. The smallest absolute Gasteiger partial charge is 0.312 e. The third-order valence-corrected chi connectivity index (χ3v) is 5.30. The number of benzene rings is 1. The summed E-state index contributed by atoms with van der Waals surface area (Å²) in [6.45, 7) is 3.55. The minimum absolute atomic E-state index is 0.0348. The first-order chi connectivity index (χ1) is 13.8. The van der Waals surface area contributed by atoms with E-state index in [1.807, 2.05) is 0 Å². The van der Waals surface area contributed by atoms with Gasteiger partial charge in [-0.3, -0.25) is 24.1 Å². The molecule has 1 fully saturated rings. The van der Waals surface area contributed by atoms with Gasteiger partial charge in [-0.05, 0) is 32.4 Å². The Balaban J connectivity index is 1.53. The summed E-state index contributed by atoms with van der Waals surface area (Å²) in [7, 11) is 0. The van der Waals surface area contributed by atoms with E-state index in [-0.39, 0.29) is 18.1 Å². The van der Waals surface area contributed by atoms with Crippen LogP contribution in [0, 0.1) is 0 Å². The summed E-state index contributed by atoms with van der Waals surface area (Å²) in [4.78, 5) is 53.6. The van der Waals surface area contributed by atoms with Crippen LogP contribution in [0.1, 0.15) is 42.7 Å². The number of nitrogens with one attached hydrogen (secondary N) is 1. The van der Waals surface area contributed by atoms with Crippen LogP contribution in [-0.2, 0) is 25.5 Å². The fraction of sp³-hybridized carbons (Fsp3) is 0.350. The Morgan fingerprint density at radius 2 is 2.14 bits per heavy atom. The van der Waals surface area contributed by atoms with Gasteiger partial charge in [0, 0.05) is 29.6 Å². The van der Waals surface area contributed by atoms with Crippen molar-refractivity contribution in [3.05, 3.63) is 40.9 Å². The van der Waals surface area contributed by atoms with E-state index in [1.165, 1.54) is 25.2 Å². The Bertz CT molecular complexity index is 955. The highest BCUT2D eigenvalue weighted by Gasteiger charge is 2.25. The number of carbonyl (C=O) groups excluding carboxylic acids is 4. The second-order valence-corrected chi connectivity index (χ2v) is 7.54. The number of anilines is 2. The van der Waals surface area contributed by atoms with E-state index >= 15 is 0 Å². The summed E-state index contributed by atoms with van der Waals surface area (Å²) >= 11 is 1.30. The van der Waals surface area contributed by atoms with Crippen LogP contribution in [-0.4, -0.2) is 41.2 Å². The Hall–Kier alpha value is -3.07. The van der Waals surface area contributed by atoms with Gasteiger partial charge in [-0.15, -0.1) is 11.3 Å². The lowest BCUT2D eigenvalue weighted by molar-refractivity contribution is -0.152. The average Bonchev–Trinajstić information content (AvgIpc) is 3.30. The van der Waals surface area contributed by atoms with Gasteiger partial charge in [-0.25, -0.2) is 4.98 Å². The van der Waals surface area contributed by atoms with Gasteiger partial charge in [0.25, 0.3) is 5.91 Å².